The Morgan fingerprint density at radius 3 is 2.47 bits per heavy atom. The van der Waals surface area contributed by atoms with Crippen molar-refractivity contribution < 1.29 is 28.7 Å². The molecule has 9 nitrogen and oxygen atoms in total. The topological polar surface area (TPSA) is 123 Å². The van der Waals surface area contributed by atoms with Gasteiger partial charge in [0.1, 0.15) is 18.7 Å². The van der Waals surface area contributed by atoms with Crippen molar-refractivity contribution in [1.82, 2.24) is 16.0 Å². The van der Waals surface area contributed by atoms with Gasteiger partial charge in [-0.15, -0.1) is 0 Å². The fourth-order valence-corrected chi connectivity index (χ4v) is 3.58. The predicted molar refractivity (Wildman–Crippen MR) is 117 cm³/mol. The van der Waals surface area contributed by atoms with Crippen molar-refractivity contribution in [2.45, 2.75) is 58.2 Å². The first-order chi connectivity index (χ1) is 15.3. The summed E-state index contributed by atoms with van der Waals surface area (Å²) in [5.41, 5.74) is 0.823. The van der Waals surface area contributed by atoms with Crippen LogP contribution in [0, 0.1) is 11.8 Å². The summed E-state index contributed by atoms with van der Waals surface area (Å²) in [5.74, 6) is -1.59. The highest BCUT2D eigenvalue weighted by atomic mass is 16.5. The van der Waals surface area contributed by atoms with Crippen LogP contribution in [-0.2, 0) is 30.5 Å². The average molecular weight is 448 g/mol. The molecule has 3 amide bonds. The smallest absolute Gasteiger partial charge is 0.408 e. The Balaban J connectivity index is 2.00. The highest BCUT2D eigenvalue weighted by Gasteiger charge is 2.33. The Hall–Kier alpha value is -3.10. The molecular formula is C23H33N3O6. The van der Waals surface area contributed by atoms with Gasteiger partial charge in [0.25, 0.3) is 0 Å². The molecule has 176 valence electrons. The van der Waals surface area contributed by atoms with E-state index < -0.39 is 30.1 Å². The van der Waals surface area contributed by atoms with Gasteiger partial charge in [0.2, 0.25) is 11.8 Å². The van der Waals surface area contributed by atoms with Crippen LogP contribution in [0.5, 0.6) is 0 Å². The van der Waals surface area contributed by atoms with E-state index in [1.165, 1.54) is 7.11 Å². The third-order valence-electron chi connectivity index (χ3n) is 5.25. The second-order valence-electron chi connectivity index (χ2n) is 8.34. The fraction of sp³-hybridized carbons (Fsp3) is 0.565. The first kappa shape index (κ1) is 25.2. The summed E-state index contributed by atoms with van der Waals surface area (Å²) < 4.78 is 10.0. The quantitative estimate of drug-likeness (QED) is 0.471. The molecule has 1 saturated heterocycles. The predicted octanol–water partition coefficient (Wildman–Crippen LogP) is 1.90. The van der Waals surface area contributed by atoms with Crippen LogP contribution in [0.3, 0.4) is 0 Å². The summed E-state index contributed by atoms with van der Waals surface area (Å²) in [6, 6.07) is 7.31. The molecule has 1 aliphatic rings. The Bertz CT molecular complexity index is 783. The normalized spacial score (nSPS) is 17.6. The molecule has 0 aromatic heterocycles. The molecule has 0 spiro atoms. The number of ether oxygens (including phenoxy) is 2. The van der Waals surface area contributed by atoms with Crippen molar-refractivity contribution in [3.8, 4) is 0 Å². The SMILES string of the molecule is COC(=O)[C@H](C[C@@H]1CCCNC1=O)NC(=O)[C@H](CC(C)C)NC(=O)OCc1ccccc1. The van der Waals surface area contributed by atoms with Gasteiger partial charge in [0.05, 0.1) is 7.11 Å². The standard InChI is InChI=1S/C23H33N3O6/c1-15(2)12-18(26-23(30)32-14-16-8-5-4-6-9-16)21(28)25-19(22(29)31-3)13-17-10-7-11-24-20(17)27/h4-6,8-9,15,17-19H,7,10-14H2,1-3H3,(H,24,27)(H,25,28)(H,26,30)/t17-,18-,19-/m0/s1. The van der Waals surface area contributed by atoms with Gasteiger partial charge in [-0.05, 0) is 37.2 Å². The maximum atomic E-state index is 13.0. The number of carbonyl (C=O) groups excluding carboxylic acids is 4. The number of hydrogen-bond donors (Lipinski definition) is 3. The van der Waals surface area contributed by atoms with E-state index in [4.69, 9.17) is 9.47 Å². The van der Waals surface area contributed by atoms with E-state index in [1.807, 2.05) is 44.2 Å². The van der Waals surface area contributed by atoms with E-state index in [0.29, 0.717) is 19.4 Å². The van der Waals surface area contributed by atoms with E-state index in [2.05, 4.69) is 16.0 Å². The highest BCUT2D eigenvalue weighted by Crippen LogP contribution is 2.18. The van der Waals surface area contributed by atoms with E-state index in [-0.39, 0.29) is 30.8 Å². The molecule has 1 heterocycles. The molecule has 3 N–H and O–H groups in total. The van der Waals surface area contributed by atoms with Gasteiger partial charge in [0.15, 0.2) is 0 Å². The third-order valence-corrected chi connectivity index (χ3v) is 5.25. The van der Waals surface area contributed by atoms with E-state index >= 15 is 0 Å². The first-order valence-corrected chi connectivity index (χ1v) is 10.9. The molecule has 0 radical (unpaired) electrons. The van der Waals surface area contributed by atoms with Crippen LogP contribution >= 0.6 is 0 Å². The lowest BCUT2D eigenvalue weighted by Gasteiger charge is -2.27. The summed E-state index contributed by atoms with van der Waals surface area (Å²) in [6.07, 6.45) is 1.20. The van der Waals surface area contributed by atoms with Crippen LogP contribution in [-0.4, -0.2) is 49.6 Å². The van der Waals surface area contributed by atoms with Gasteiger partial charge in [-0.1, -0.05) is 44.2 Å². The number of hydrogen-bond acceptors (Lipinski definition) is 6. The van der Waals surface area contributed by atoms with Gasteiger partial charge >= 0.3 is 12.1 Å². The Labute approximate surface area is 188 Å². The number of esters is 1. The summed E-state index contributed by atoms with van der Waals surface area (Å²) in [4.78, 5) is 49.6. The minimum Gasteiger partial charge on any atom is -0.467 e. The molecule has 2 rings (SSSR count). The largest absolute Gasteiger partial charge is 0.467 e. The molecule has 0 saturated carbocycles. The van der Waals surface area contributed by atoms with Gasteiger partial charge in [0, 0.05) is 12.5 Å². The fourth-order valence-electron chi connectivity index (χ4n) is 3.58. The van der Waals surface area contributed by atoms with Gasteiger partial charge < -0.3 is 25.4 Å². The van der Waals surface area contributed by atoms with E-state index in [9.17, 15) is 19.2 Å². The second-order valence-corrected chi connectivity index (χ2v) is 8.34. The molecule has 3 atom stereocenters. The van der Waals surface area contributed by atoms with Crippen LogP contribution in [0.4, 0.5) is 4.79 Å². The number of nitrogens with one attached hydrogen (secondary N) is 3. The summed E-state index contributed by atoms with van der Waals surface area (Å²) in [7, 11) is 1.23. The van der Waals surface area contributed by atoms with Crippen molar-refractivity contribution >= 4 is 23.9 Å². The highest BCUT2D eigenvalue weighted by molar-refractivity contribution is 5.90. The molecule has 1 fully saturated rings. The Kier molecular flexibility index (Phi) is 9.97. The number of alkyl carbamates (subject to hydrolysis) is 1. The van der Waals surface area contributed by atoms with E-state index in [1.54, 1.807) is 0 Å². The van der Waals surface area contributed by atoms with Crippen LogP contribution in [0.25, 0.3) is 0 Å². The molecule has 0 aliphatic carbocycles. The number of carbonyl (C=O) groups is 4. The van der Waals surface area contributed by atoms with Gasteiger partial charge in [-0.2, -0.15) is 0 Å². The van der Waals surface area contributed by atoms with Crippen LogP contribution in [0.15, 0.2) is 30.3 Å². The van der Waals surface area contributed by atoms with Gasteiger partial charge in [-0.25, -0.2) is 9.59 Å². The first-order valence-electron chi connectivity index (χ1n) is 10.9. The maximum Gasteiger partial charge on any atom is 0.408 e. The molecule has 1 aromatic rings. The minimum absolute atomic E-state index is 0.0737. The van der Waals surface area contributed by atoms with Crippen molar-refractivity contribution in [3.63, 3.8) is 0 Å². The summed E-state index contributed by atoms with van der Waals surface area (Å²) >= 11 is 0. The molecule has 9 heteroatoms. The van der Waals surface area contributed by atoms with Crippen molar-refractivity contribution in [2.75, 3.05) is 13.7 Å². The number of benzene rings is 1. The number of rotatable bonds is 10. The second kappa shape index (κ2) is 12.7. The molecule has 1 aromatic carbocycles. The summed E-state index contributed by atoms with van der Waals surface area (Å²) in [6.45, 7) is 4.52. The van der Waals surface area contributed by atoms with Crippen LogP contribution in [0.1, 0.15) is 45.1 Å². The minimum atomic E-state index is -0.988. The van der Waals surface area contributed by atoms with Crippen LogP contribution < -0.4 is 16.0 Å². The Morgan fingerprint density at radius 2 is 1.84 bits per heavy atom. The van der Waals surface area contributed by atoms with Crippen LogP contribution in [0.2, 0.25) is 0 Å². The molecule has 0 bridgehead atoms. The molecule has 0 unspecified atom stereocenters. The lowest BCUT2D eigenvalue weighted by Crippen LogP contribution is -2.53. The maximum absolute atomic E-state index is 13.0. The van der Waals surface area contributed by atoms with Crippen molar-refractivity contribution in [3.05, 3.63) is 35.9 Å². The number of methoxy groups -OCH3 is 1. The lowest BCUT2D eigenvalue weighted by atomic mass is 9.91. The monoisotopic (exact) mass is 447 g/mol. The zero-order valence-corrected chi connectivity index (χ0v) is 18.9. The lowest BCUT2D eigenvalue weighted by molar-refractivity contribution is -0.146. The van der Waals surface area contributed by atoms with Crippen molar-refractivity contribution in [1.29, 1.82) is 0 Å². The number of amides is 3. The third kappa shape index (κ3) is 8.20. The molecular weight excluding hydrogens is 414 g/mol. The molecule has 1 aliphatic heterocycles. The van der Waals surface area contributed by atoms with Crippen molar-refractivity contribution in [2.24, 2.45) is 11.8 Å². The summed E-state index contributed by atoms with van der Waals surface area (Å²) in [5, 5.41) is 8.02. The van der Waals surface area contributed by atoms with E-state index in [0.717, 1.165) is 12.0 Å². The number of piperidine rings is 1. The van der Waals surface area contributed by atoms with Gasteiger partial charge in [-0.3, -0.25) is 9.59 Å². The zero-order valence-electron chi connectivity index (χ0n) is 18.9. The zero-order chi connectivity index (χ0) is 23.5. The Morgan fingerprint density at radius 1 is 1.12 bits per heavy atom. The molecule has 32 heavy (non-hydrogen) atoms. The average Bonchev–Trinajstić information content (AvgIpc) is 2.78.